The van der Waals surface area contributed by atoms with Crippen LogP contribution in [0.4, 0.5) is 0 Å². The number of aliphatic hydroxyl groups is 2. The summed E-state index contributed by atoms with van der Waals surface area (Å²) >= 11 is 0. The Hall–Kier alpha value is -2.57. The van der Waals surface area contributed by atoms with Gasteiger partial charge < -0.3 is 24.8 Å². The van der Waals surface area contributed by atoms with E-state index in [1.165, 1.54) is 0 Å². The quantitative estimate of drug-likeness (QED) is 0.766. The Kier molecular flexibility index (Phi) is 3.71. The van der Waals surface area contributed by atoms with Gasteiger partial charge in [-0.2, -0.15) is 0 Å². The minimum atomic E-state index is -1.24. The predicted molar refractivity (Wildman–Crippen MR) is 92.5 cm³/mol. The molecule has 0 amide bonds. The van der Waals surface area contributed by atoms with Crippen LogP contribution >= 0.6 is 0 Å². The Morgan fingerprint density at radius 1 is 1.08 bits per heavy atom. The number of aliphatic hydroxyl groups excluding tert-OH is 1. The van der Waals surface area contributed by atoms with Crippen LogP contribution in [0.1, 0.15) is 54.0 Å². The van der Waals surface area contributed by atoms with Crippen LogP contribution in [0.5, 0.6) is 17.2 Å². The highest BCUT2D eigenvalue weighted by atomic mass is 16.5. The normalized spacial score (nSPS) is 24.5. The van der Waals surface area contributed by atoms with Gasteiger partial charge in [-0.1, -0.05) is 12.1 Å². The number of aromatic hydroxyl groups is 1. The molecule has 26 heavy (non-hydrogen) atoms. The summed E-state index contributed by atoms with van der Waals surface area (Å²) in [5, 5.41) is 30.1. The third-order valence-corrected chi connectivity index (χ3v) is 4.87. The van der Waals surface area contributed by atoms with Crippen molar-refractivity contribution in [3.8, 4) is 17.2 Å². The lowest BCUT2D eigenvalue weighted by Crippen LogP contribution is -2.41. The van der Waals surface area contributed by atoms with E-state index in [1.54, 1.807) is 50.2 Å². The summed E-state index contributed by atoms with van der Waals surface area (Å²) in [6.45, 7) is 3.13. The molecular formula is C20H20O6. The number of carbonyl (C=O) groups excluding carboxylic acids is 1. The maximum atomic E-state index is 12.6. The Bertz CT molecular complexity index is 865. The smallest absolute Gasteiger partial charge is 0.170 e. The summed E-state index contributed by atoms with van der Waals surface area (Å²) in [5.74, 6) is 0.851. The van der Waals surface area contributed by atoms with Gasteiger partial charge in [0.2, 0.25) is 0 Å². The summed E-state index contributed by atoms with van der Waals surface area (Å²) in [4.78, 5) is 12.6. The lowest BCUT2D eigenvalue weighted by molar-refractivity contribution is -0.0763. The van der Waals surface area contributed by atoms with Gasteiger partial charge in [0.25, 0.3) is 0 Å². The van der Waals surface area contributed by atoms with Crippen molar-refractivity contribution in [2.24, 2.45) is 0 Å². The van der Waals surface area contributed by atoms with E-state index in [0.29, 0.717) is 22.6 Å². The van der Waals surface area contributed by atoms with Crippen LogP contribution in [0, 0.1) is 0 Å². The van der Waals surface area contributed by atoms with E-state index in [4.69, 9.17) is 9.47 Å². The van der Waals surface area contributed by atoms with E-state index < -0.39 is 23.9 Å². The van der Waals surface area contributed by atoms with Crippen LogP contribution in [-0.2, 0) is 0 Å². The summed E-state index contributed by atoms with van der Waals surface area (Å²) < 4.78 is 11.7. The number of ketones is 1. The fourth-order valence-corrected chi connectivity index (χ4v) is 3.47. The number of fused-ring (bicyclic) bond motifs is 2. The van der Waals surface area contributed by atoms with Crippen LogP contribution in [0.2, 0.25) is 0 Å². The first-order valence-corrected chi connectivity index (χ1v) is 8.48. The van der Waals surface area contributed by atoms with Gasteiger partial charge in [0.05, 0.1) is 17.6 Å². The summed E-state index contributed by atoms with van der Waals surface area (Å²) in [5.41, 5.74) is 0.435. The molecule has 2 aromatic rings. The van der Waals surface area contributed by atoms with Crippen LogP contribution in [0.3, 0.4) is 0 Å². The van der Waals surface area contributed by atoms with Gasteiger partial charge in [-0.15, -0.1) is 0 Å². The Labute approximate surface area is 150 Å². The number of rotatable bonds is 2. The maximum Gasteiger partial charge on any atom is 0.170 e. The Morgan fingerprint density at radius 3 is 2.42 bits per heavy atom. The molecule has 0 radical (unpaired) electrons. The van der Waals surface area contributed by atoms with Crippen molar-refractivity contribution >= 4 is 5.78 Å². The van der Waals surface area contributed by atoms with Crippen molar-refractivity contribution in [2.45, 2.75) is 44.2 Å². The molecule has 3 N–H and O–H groups in total. The van der Waals surface area contributed by atoms with Gasteiger partial charge in [0.1, 0.15) is 29.5 Å². The van der Waals surface area contributed by atoms with E-state index in [0.717, 1.165) is 5.56 Å². The lowest BCUT2D eigenvalue weighted by Gasteiger charge is -2.27. The zero-order chi connectivity index (χ0) is 18.6. The highest BCUT2D eigenvalue weighted by Crippen LogP contribution is 2.46. The first kappa shape index (κ1) is 16.9. The zero-order valence-corrected chi connectivity index (χ0v) is 14.5. The zero-order valence-electron chi connectivity index (χ0n) is 14.5. The largest absolute Gasteiger partial charge is 0.508 e. The maximum absolute atomic E-state index is 12.6. The molecule has 0 fully saturated rings. The average molecular weight is 356 g/mol. The second-order valence-electron chi connectivity index (χ2n) is 7.35. The number of phenols is 1. The molecule has 2 aliphatic heterocycles. The predicted octanol–water partition coefficient (Wildman–Crippen LogP) is 2.66. The molecular weight excluding hydrogens is 336 g/mol. The number of hydrogen-bond donors (Lipinski definition) is 3. The van der Waals surface area contributed by atoms with Gasteiger partial charge >= 0.3 is 0 Å². The van der Waals surface area contributed by atoms with Gasteiger partial charge in [0, 0.05) is 11.6 Å². The van der Waals surface area contributed by atoms with Crippen LogP contribution in [0.25, 0.3) is 0 Å². The Morgan fingerprint density at radius 2 is 1.77 bits per heavy atom. The van der Waals surface area contributed by atoms with E-state index >= 15 is 0 Å². The molecule has 2 heterocycles. The fourth-order valence-electron chi connectivity index (χ4n) is 3.47. The molecule has 2 aromatic carbocycles. The number of benzene rings is 2. The van der Waals surface area contributed by atoms with Crippen LogP contribution < -0.4 is 9.47 Å². The van der Waals surface area contributed by atoms with Crippen LogP contribution in [0.15, 0.2) is 36.4 Å². The highest BCUT2D eigenvalue weighted by molar-refractivity contribution is 6.00. The SMILES string of the molecule is CC(C)(O)[C@@H]1Oc2cc3c(cc2[C@H]1O)C(=O)C[C@@H](c1ccc(O)cc1)O3. The molecule has 0 bridgehead atoms. The van der Waals surface area contributed by atoms with E-state index in [2.05, 4.69) is 0 Å². The molecule has 6 heteroatoms. The molecule has 0 spiro atoms. The third kappa shape index (κ3) is 2.71. The van der Waals surface area contributed by atoms with Gasteiger partial charge in [0.15, 0.2) is 11.9 Å². The number of carbonyl (C=O) groups is 1. The summed E-state index contributed by atoms with van der Waals surface area (Å²) in [6, 6.07) is 9.73. The number of ether oxygens (including phenoxy) is 2. The molecule has 136 valence electrons. The topological polar surface area (TPSA) is 96.2 Å². The number of hydrogen-bond acceptors (Lipinski definition) is 6. The fraction of sp³-hybridized carbons (Fsp3) is 0.350. The molecule has 0 aromatic heterocycles. The van der Waals surface area contributed by atoms with Gasteiger partial charge in [-0.05, 0) is 37.6 Å². The van der Waals surface area contributed by atoms with Crippen molar-refractivity contribution in [3.63, 3.8) is 0 Å². The second-order valence-corrected chi connectivity index (χ2v) is 7.35. The number of Topliss-reactive ketones (excluding diaryl/α,β-unsaturated/α-hetero) is 1. The van der Waals surface area contributed by atoms with Gasteiger partial charge in [-0.3, -0.25) is 4.79 Å². The lowest BCUT2D eigenvalue weighted by atomic mass is 9.91. The van der Waals surface area contributed by atoms with Crippen molar-refractivity contribution in [2.75, 3.05) is 0 Å². The average Bonchev–Trinajstić information content (AvgIpc) is 2.90. The van der Waals surface area contributed by atoms with E-state index in [9.17, 15) is 20.1 Å². The molecule has 3 atom stereocenters. The summed E-state index contributed by atoms with van der Waals surface area (Å²) in [7, 11) is 0. The van der Waals surface area contributed by atoms with Crippen LogP contribution in [-0.4, -0.2) is 32.8 Å². The Balaban J connectivity index is 1.68. The minimum Gasteiger partial charge on any atom is -0.508 e. The van der Waals surface area contributed by atoms with Gasteiger partial charge in [-0.25, -0.2) is 0 Å². The first-order chi connectivity index (χ1) is 12.2. The molecule has 2 aliphatic rings. The van der Waals surface area contributed by atoms with E-state index in [-0.39, 0.29) is 18.0 Å². The van der Waals surface area contributed by atoms with Crippen molar-refractivity contribution < 1.29 is 29.6 Å². The van der Waals surface area contributed by atoms with E-state index in [1.807, 2.05) is 0 Å². The second kappa shape index (κ2) is 5.72. The number of phenolic OH excluding ortho intramolecular Hbond substituents is 1. The minimum absolute atomic E-state index is 0.0916. The monoisotopic (exact) mass is 356 g/mol. The first-order valence-electron chi connectivity index (χ1n) is 8.48. The molecule has 4 rings (SSSR count). The molecule has 0 unspecified atom stereocenters. The molecule has 0 saturated carbocycles. The standard InChI is InChI=1S/C20H20O6/c1-20(2,24)19-18(23)13-7-12-14(22)8-15(10-3-5-11(21)6-4-10)25-16(12)9-17(13)26-19/h3-7,9,15,18-19,21,23-24H,8H2,1-2H3/t15-,18+,19+/m0/s1. The van der Waals surface area contributed by atoms with Crippen molar-refractivity contribution in [3.05, 3.63) is 53.1 Å². The molecule has 0 saturated heterocycles. The molecule has 0 aliphatic carbocycles. The van der Waals surface area contributed by atoms with Crippen molar-refractivity contribution in [1.82, 2.24) is 0 Å². The molecule has 6 nitrogen and oxygen atoms in total. The van der Waals surface area contributed by atoms with Crippen molar-refractivity contribution in [1.29, 1.82) is 0 Å². The summed E-state index contributed by atoms with van der Waals surface area (Å²) in [6.07, 6.45) is -2.12. The highest BCUT2D eigenvalue weighted by Gasteiger charge is 2.44. The third-order valence-electron chi connectivity index (χ3n) is 4.87.